The Morgan fingerprint density at radius 1 is 1.06 bits per heavy atom. The van der Waals surface area contributed by atoms with Crippen molar-refractivity contribution < 1.29 is 33.0 Å². The van der Waals surface area contributed by atoms with E-state index in [-0.39, 0.29) is 11.1 Å². The number of aliphatic hydroxyl groups is 2. The van der Waals surface area contributed by atoms with E-state index in [1.807, 2.05) is 0 Å². The topological polar surface area (TPSA) is 112 Å². The van der Waals surface area contributed by atoms with Crippen LogP contribution in [0.25, 0.3) is 6.08 Å². The van der Waals surface area contributed by atoms with Gasteiger partial charge in [0.1, 0.15) is 11.6 Å². The molecule has 0 radical (unpaired) electrons. The number of halogens is 3. The van der Waals surface area contributed by atoms with Crippen LogP contribution in [-0.2, 0) is 9.59 Å². The van der Waals surface area contributed by atoms with Crippen LogP contribution in [0.15, 0.2) is 66.7 Å². The maximum Gasteiger partial charge on any atom is 0.254 e. The van der Waals surface area contributed by atoms with Crippen LogP contribution in [0.5, 0.6) is 0 Å². The molecule has 1 aliphatic heterocycles. The smallest absolute Gasteiger partial charge is 0.254 e. The van der Waals surface area contributed by atoms with Gasteiger partial charge in [-0.25, -0.2) is 13.2 Å². The van der Waals surface area contributed by atoms with Crippen LogP contribution in [-0.4, -0.2) is 39.7 Å². The second-order valence-electron chi connectivity index (χ2n) is 7.95. The largest absolute Gasteiger partial charge is 0.510 e. The summed E-state index contributed by atoms with van der Waals surface area (Å²) in [5.41, 5.74) is 1.15. The second-order valence-corrected chi connectivity index (χ2v) is 7.95. The Kier molecular flexibility index (Phi) is 6.83. The zero-order chi connectivity index (χ0) is 25.1. The summed E-state index contributed by atoms with van der Waals surface area (Å²) < 4.78 is 41.0. The Hall–Kier alpha value is -4.18. The number of anilines is 1. The van der Waals surface area contributed by atoms with E-state index in [2.05, 4.69) is 15.6 Å². The maximum absolute atomic E-state index is 13.9. The Balaban J connectivity index is 1.70. The number of pyridine rings is 1. The van der Waals surface area contributed by atoms with E-state index in [0.717, 1.165) is 24.3 Å². The monoisotopic (exact) mass is 483 g/mol. The molecule has 2 heterocycles. The average Bonchev–Trinajstić information content (AvgIpc) is 2.95. The molecule has 1 aromatic heterocycles. The lowest BCUT2D eigenvalue weighted by Crippen LogP contribution is -2.47. The zero-order valence-electron chi connectivity index (χ0n) is 18.1. The lowest BCUT2D eigenvalue weighted by molar-refractivity contribution is -0.127. The third kappa shape index (κ3) is 5.02. The predicted octanol–water partition coefficient (Wildman–Crippen LogP) is 3.39. The fourth-order valence-corrected chi connectivity index (χ4v) is 3.97. The van der Waals surface area contributed by atoms with Crippen molar-refractivity contribution in [3.63, 3.8) is 0 Å². The number of amides is 2. The summed E-state index contributed by atoms with van der Waals surface area (Å²) >= 11 is 0. The molecule has 1 unspecified atom stereocenters. The van der Waals surface area contributed by atoms with Gasteiger partial charge >= 0.3 is 0 Å². The first-order chi connectivity index (χ1) is 16.8. The Morgan fingerprint density at radius 3 is 2.46 bits per heavy atom. The van der Waals surface area contributed by atoms with Crippen molar-refractivity contribution in [1.82, 2.24) is 10.3 Å². The summed E-state index contributed by atoms with van der Waals surface area (Å²) in [7, 11) is 0. The van der Waals surface area contributed by atoms with Crippen LogP contribution < -0.4 is 10.6 Å². The number of aromatic nitrogens is 1. The van der Waals surface area contributed by atoms with Crippen LogP contribution in [0, 0.1) is 17.5 Å². The first-order valence-corrected chi connectivity index (χ1v) is 10.6. The van der Waals surface area contributed by atoms with Gasteiger partial charge in [0.05, 0.1) is 24.4 Å². The van der Waals surface area contributed by atoms with Gasteiger partial charge in [-0.3, -0.25) is 14.6 Å². The van der Waals surface area contributed by atoms with E-state index < -0.39 is 59.5 Å². The molecule has 0 saturated heterocycles. The van der Waals surface area contributed by atoms with Crippen molar-refractivity contribution in [2.24, 2.45) is 0 Å². The predicted molar refractivity (Wildman–Crippen MR) is 121 cm³/mol. The van der Waals surface area contributed by atoms with Gasteiger partial charge in [0.2, 0.25) is 5.91 Å². The van der Waals surface area contributed by atoms with Gasteiger partial charge in [-0.1, -0.05) is 18.2 Å². The van der Waals surface area contributed by atoms with Crippen molar-refractivity contribution in [2.75, 3.05) is 11.9 Å². The van der Waals surface area contributed by atoms with E-state index in [9.17, 15) is 33.0 Å². The molecule has 180 valence electrons. The molecular weight excluding hydrogens is 463 g/mol. The molecule has 0 bridgehead atoms. The summed E-state index contributed by atoms with van der Waals surface area (Å²) in [5.74, 6) is -7.20. The van der Waals surface area contributed by atoms with Crippen LogP contribution in [0.1, 0.15) is 28.5 Å². The van der Waals surface area contributed by atoms with Crippen molar-refractivity contribution in [3.05, 3.63) is 101 Å². The molecule has 10 heteroatoms. The standard InChI is InChI=1S/C25H20F3N3O4/c26-16-4-1-13(2-5-16)22(17(12-32)14-3-6-18(27)19(28)9-14)24(34)31-23-21(33)10-15-7-8-29-11-20(15)30-25(23)35/h1-11,17,22-23,32-33H,12H2,(H,30,35)(H,31,34)/t17-,22+,23?/m0/s1. The first-order valence-electron chi connectivity index (χ1n) is 10.6. The number of nitrogens with one attached hydrogen (secondary N) is 2. The number of nitrogens with zero attached hydrogens (tertiary/aromatic N) is 1. The molecule has 35 heavy (non-hydrogen) atoms. The Morgan fingerprint density at radius 2 is 1.77 bits per heavy atom. The Labute approximate surface area is 197 Å². The SMILES string of the molecule is O=C1Nc2cnccc2C=C(O)C1NC(=O)[C@H](c1ccc(F)cc1)[C@@H](CO)c1ccc(F)c(F)c1. The van der Waals surface area contributed by atoms with Crippen molar-refractivity contribution in [1.29, 1.82) is 0 Å². The Bertz CT molecular complexity index is 1300. The van der Waals surface area contributed by atoms with Crippen molar-refractivity contribution in [2.45, 2.75) is 17.9 Å². The van der Waals surface area contributed by atoms with E-state index >= 15 is 0 Å². The molecule has 4 N–H and O–H groups in total. The zero-order valence-corrected chi connectivity index (χ0v) is 18.1. The molecule has 1 aliphatic rings. The number of hydrogen-bond acceptors (Lipinski definition) is 5. The average molecular weight is 483 g/mol. The highest BCUT2D eigenvalue weighted by molar-refractivity contribution is 6.03. The van der Waals surface area contributed by atoms with E-state index in [1.165, 1.54) is 36.7 Å². The molecule has 4 rings (SSSR count). The molecule has 2 amide bonds. The quantitative estimate of drug-likeness (QED) is 0.430. The van der Waals surface area contributed by atoms with Crippen LogP contribution in [0.4, 0.5) is 18.9 Å². The number of carbonyl (C=O) groups is 2. The first kappa shape index (κ1) is 24.0. The minimum atomic E-state index is -1.50. The summed E-state index contributed by atoms with van der Waals surface area (Å²) in [6.07, 6.45) is 4.14. The summed E-state index contributed by atoms with van der Waals surface area (Å²) in [4.78, 5) is 30.2. The summed E-state index contributed by atoms with van der Waals surface area (Å²) in [5, 5.41) is 25.7. The third-order valence-corrected chi connectivity index (χ3v) is 5.74. The normalized spacial score (nSPS) is 16.9. The number of rotatable bonds is 6. The second kappa shape index (κ2) is 9.98. The van der Waals surface area contributed by atoms with Gasteiger partial charge in [-0.2, -0.15) is 0 Å². The van der Waals surface area contributed by atoms with Gasteiger partial charge in [-0.15, -0.1) is 0 Å². The molecule has 0 spiro atoms. The molecule has 7 nitrogen and oxygen atoms in total. The van der Waals surface area contributed by atoms with E-state index in [0.29, 0.717) is 11.3 Å². The van der Waals surface area contributed by atoms with Crippen LogP contribution >= 0.6 is 0 Å². The fraction of sp³-hybridized carbons (Fsp3) is 0.160. The number of benzene rings is 2. The number of carbonyl (C=O) groups excluding carboxylic acids is 2. The number of fused-ring (bicyclic) bond motifs is 1. The van der Waals surface area contributed by atoms with Crippen LogP contribution in [0.3, 0.4) is 0 Å². The highest BCUT2D eigenvalue weighted by Crippen LogP contribution is 2.34. The van der Waals surface area contributed by atoms with Gasteiger partial charge in [-0.05, 0) is 47.5 Å². The molecule has 0 fully saturated rings. The van der Waals surface area contributed by atoms with Gasteiger partial charge in [0, 0.05) is 17.7 Å². The molecule has 3 aromatic rings. The van der Waals surface area contributed by atoms with Gasteiger partial charge in [0.15, 0.2) is 17.7 Å². The molecule has 2 aromatic carbocycles. The highest BCUT2D eigenvalue weighted by atomic mass is 19.2. The lowest BCUT2D eigenvalue weighted by atomic mass is 9.81. The van der Waals surface area contributed by atoms with Crippen LogP contribution in [0.2, 0.25) is 0 Å². The summed E-state index contributed by atoms with van der Waals surface area (Å²) in [6, 6.07) is 7.85. The maximum atomic E-state index is 13.9. The minimum absolute atomic E-state index is 0.111. The fourth-order valence-electron chi connectivity index (χ4n) is 3.97. The van der Waals surface area contributed by atoms with Crippen molar-refractivity contribution in [3.8, 4) is 0 Å². The molecule has 3 atom stereocenters. The van der Waals surface area contributed by atoms with Crippen molar-refractivity contribution >= 4 is 23.6 Å². The van der Waals surface area contributed by atoms with Gasteiger partial charge in [0.25, 0.3) is 5.91 Å². The van der Waals surface area contributed by atoms with E-state index in [1.54, 1.807) is 6.07 Å². The molecule has 0 saturated carbocycles. The van der Waals surface area contributed by atoms with Gasteiger partial charge < -0.3 is 20.8 Å². The minimum Gasteiger partial charge on any atom is -0.510 e. The van der Waals surface area contributed by atoms with E-state index in [4.69, 9.17) is 0 Å². The summed E-state index contributed by atoms with van der Waals surface area (Å²) in [6.45, 7) is -0.656. The number of aliphatic hydroxyl groups excluding tert-OH is 2. The third-order valence-electron chi connectivity index (χ3n) is 5.74. The molecule has 0 aliphatic carbocycles. The number of hydrogen-bond donors (Lipinski definition) is 4. The highest BCUT2D eigenvalue weighted by Gasteiger charge is 2.36. The lowest BCUT2D eigenvalue weighted by Gasteiger charge is -2.27. The molecular formula is C25H20F3N3O4.